The number of hydrogen-bond acceptors (Lipinski definition) is 4. The number of nitrogens with two attached hydrogens (primary N) is 1. The molecule has 0 spiro atoms. The van der Waals surface area contributed by atoms with Crippen molar-refractivity contribution < 1.29 is 9.53 Å². The molecule has 1 aromatic carbocycles. The van der Waals surface area contributed by atoms with Crippen LogP contribution in [0.1, 0.15) is 36.1 Å². The number of ether oxygens (including phenoxy) is 1. The highest BCUT2D eigenvalue weighted by atomic mass is 35.5. The second-order valence-electron chi connectivity index (χ2n) is 6.70. The maximum atomic E-state index is 13.0. The molecule has 0 bridgehead atoms. The molecular formula is C20H27ClN2O2S. The van der Waals surface area contributed by atoms with E-state index in [2.05, 4.69) is 6.07 Å². The van der Waals surface area contributed by atoms with Crippen LogP contribution < -0.4 is 10.5 Å². The van der Waals surface area contributed by atoms with E-state index in [0.717, 1.165) is 30.6 Å². The van der Waals surface area contributed by atoms with E-state index in [-0.39, 0.29) is 24.4 Å². The normalized spacial score (nSPS) is 19.0. The monoisotopic (exact) mass is 394 g/mol. The van der Waals surface area contributed by atoms with Gasteiger partial charge in [-0.15, -0.1) is 23.7 Å². The van der Waals surface area contributed by atoms with Crippen molar-refractivity contribution >= 4 is 29.7 Å². The van der Waals surface area contributed by atoms with Crippen molar-refractivity contribution in [2.24, 2.45) is 11.7 Å². The quantitative estimate of drug-likeness (QED) is 0.764. The van der Waals surface area contributed by atoms with Gasteiger partial charge in [-0.2, -0.15) is 0 Å². The summed E-state index contributed by atoms with van der Waals surface area (Å²) < 4.78 is 5.46. The summed E-state index contributed by atoms with van der Waals surface area (Å²) in [4.78, 5) is 16.1. The Balaban J connectivity index is 0.00000243. The molecule has 1 heterocycles. The molecule has 1 aromatic heterocycles. The first-order valence-electron chi connectivity index (χ1n) is 8.85. The average Bonchev–Trinajstić information content (AvgIpc) is 3.27. The molecule has 0 unspecified atom stereocenters. The molecule has 1 amide bonds. The zero-order chi connectivity index (χ0) is 17.6. The Hall–Kier alpha value is -1.56. The lowest BCUT2D eigenvalue weighted by Crippen LogP contribution is -2.34. The Bertz CT molecular complexity index is 693. The third-order valence-electron chi connectivity index (χ3n) is 4.99. The molecule has 142 valence electrons. The van der Waals surface area contributed by atoms with Crippen molar-refractivity contribution in [3.8, 4) is 5.75 Å². The highest BCUT2D eigenvalue weighted by molar-refractivity contribution is 7.09. The van der Waals surface area contributed by atoms with Crippen molar-refractivity contribution in [2.75, 3.05) is 7.11 Å². The fraction of sp³-hybridized carbons (Fsp3) is 0.450. The van der Waals surface area contributed by atoms with E-state index in [4.69, 9.17) is 10.5 Å². The number of methoxy groups -OCH3 is 1. The number of nitrogens with zero attached hydrogens (tertiary/aromatic N) is 1. The van der Waals surface area contributed by atoms with Crippen LogP contribution in [-0.4, -0.2) is 24.0 Å². The molecule has 2 atom stereocenters. The van der Waals surface area contributed by atoms with Gasteiger partial charge in [-0.05, 0) is 36.3 Å². The van der Waals surface area contributed by atoms with Gasteiger partial charge in [0.1, 0.15) is 5.75 Å². The largest absolute Gasteiger partial charge is 0.496 e. The molecule has 3 rings (SSSR count). The van der Waals surface area contributed by atoms with Gasteiger partial charge in [0.25, 0.3) is 0 Å². The van der Waals surface area contributed by atoms with Gasteiger partial charge in [0.15, 0.2) is 0 Å². The minimum atomic E-state index is 0. The van der Waals surface area contributed by atoms with Gasteiger partial charge in [0.05, 0.1) is 13.7 Å². The first-order valence-corrected chi connectivity index (χ1v) is 9.73. The van der Waals surface area contributed by atoms with Crippen molar-refractivity contribution in [2.45, 2.75) is 44.8 Å². The van der Waals surface area contributed by atoms with Crippen molar-refractivity contribution in [3.63, 3.8) is 0 Å². The van der Waals surface area contributed by atoms with Gasteiger partial charge < -0.3 is 15.4 Å². The Morgan fingerprint density at radius 3 is 2.69 bits per heavy atom. The molecule has 2 aromatic rings. The number of hydrogen-bond donors (Lipinski definition) is 1. The standard InChI is InChI=1S/C20H26N2O2S.ClH/c1-24-19-10-3-2-6-16(19)13-22(14-17-8-5-11-25-17)20(23)12-15-7-4-9-18(15)21;/h2-3,5-6,8,10-11,15,18H,4,7,9,12-14,21H2,1H3;1H/t15-,18+;/m0./s1. The van der Waals surface area contributed by atoms with Crippen LogP contribution in [0.4, 0.5) is 0 Å². The number of rotatable bonds is 7. The minimum absolute atomic E-state index is 0. The number of halogens is 1. The average molecular weight is 395 g/mol. The zero-order valence-electron chi connectivity index (χ0n) is 15.1. The molecule has 0 saturated heterocycles. The van der Waals surface area contributed by atoms with Crippen molar-refractivity contribution in [1.82, 2.24) is 4.90 Å². The van der Waals surface area contributed by atoms with Crippen molar-refractivity contribution in [3.05, 3.63) is 52.2 Å². The molecule has 1 aliphatic rings. The molecule has 1 aliphatic carbocycles. The number of carbonyl (C=O) groups excluding carboxylic acids is 1. The van der Waals surface area contributed by atoms with E-state index in [1.807, 2.05) is 40.6 Å². The zero-order valence-corrected chi connectivity index (χ0v) is 16.7. The first kappa shape index (κ1) is 20.7. The fourth-order valence-corrected chi connectivity index (χ4v) is 4.25. The summed E-state index contributed by atoms with van der Waals surface area (Å²) in [6.45, 7) is 1.19. The highest BCUT2D eigenvalue weighted by Crippen LogP contribution is 2.29. The van der Waals surface area contributed by atoms with Gasteiger partial charge >= 0.3 is 0 Å². The molecule has 26 heavy (non-hydrogen) atoms. The van der Waals surface area contributed by atoms with E-state index < -0.39 is 0 Å². The fourth-order valence-electron chi connectivity index (χ4n) is 3.53. The third kappa shape index (κ3) is 5.22. The molecule has 0 aliphatic heterocycles. The highest BCUT2D eigenvalue weighted by Gasteiger charge is 2.28. The number of amides is 1. The maximum Gasteiger partial charge on any atom is 0.223 e. The van der Waals surface area contributed by atoms with Crippen LogP contribution in [0.25, 0.3) is 0 Å². The predicted octanol–water partition coefficient (Wildman–Crippen LogP) is 4.22. The minimum Gasteiger partial charge on any atom is -0.496 e. The number of para-hydroxylation sites is 1. The molecule has 1 saturated carbocycles. The topological polar surface area (TPSA) is 55.6 Å². The van der Waals surface area contributed by atoms with Crippen LogP contribution >= 0.6 is 23.7 Å². The van der Waals surface area contributed by atoms with Gasteiger partial charge in [0.2, 0.25) is 5.91 Å². The van der Waals surface area contributed by atoms with Crippen LogP contribution in [-0.2, 0) is 17.9 Å². The van der Waals surface area contributed by atoms with Crippen LogP contribution in [0, 0.1) is 5.92 Å². The summed E-state index contributed by atoms with van der Waals surface area (Å²) >= 11 is 1.68. The molecule has 4 nitrogen and oxygen atoms in total. The van der Waals surface area contributed by atoms with Crippen LogP contribution in [0.5, 0.6) is 5.75 Å². The molecular weight excluding hydrogens is 368 g/mol. The second kappa shape index (κ2) is 9.95. The molecule has 2 N–H and O–H groups in total. The van der Waals surface area contributed by atoms with Crippen LogP contribution in [0.3, 0.4) is 0 Å². The summed E-state index contributed by atoms with van der Waals surface area (Å²) in [5, 5.41) is 2.05. The Morgan fingerprint density at radius 2 is 2.04 bits per heavy atom. The van der Waals surface area contributed by atoms with Gasteiger partial charge in [-0.1, -0.05) is 30.7 Å². The van der Waals surface area contributed by atoms with E-state index in [1.54, 1.807) is 18.4 Å². The Morgan fingerprint density at radius 1 is 1.23 bits per heavy atom. The van der Waals surface area contributed by atoms with E-state index in [9.17, 15) is 4.79 Å². The third-order valence-corrected chi connectivity index (χ3v) is 5.85. The van der Waals surface area contributed by atoms with Crippen LogP contribution in [0.15, 0.2) is 41.8 Å². The van der Waals surface area contributed by atoms with E-state index in [1.165, 1.54) is 4.88 Å². The molecule has 0 radical (unpaired) electrons. The second-order valence-corrected chi connectivity index (χ2v) is 7.73. The van der Waals surface area contributed by atoms with Gasteiger partial charge in [0, 0.05) is 29.4 Å². The Labute approximate surface area is 165 Å². The SMILES string of the molecule is COc1ccccc1CN(Cc1cccs1)C(=O)C[C@@H]1CCC[C@H]1N.Cl. The summed E-state index contributed by atoms with van der Waals surface area (Å²) in [7, 11) is 1.67. The number of benzene rings is 1. The molecule has 1 fully saturated rings. The lowest BCUT2D eigenvalue weighted by atomic mass is 9.99. The molecule has 6 heteroatoms. The first-order chi connectivity index (χ1) is 12.2. The maximum absolute atomic E-state index is 13.0. The summed E-state index contributed by atoms with van der Waals surface area (Å²) in [5.74, 6) is 1.32. The lowest BCUT2D eigenvalue weighted by Gasteiger charge is -2.25. The predicted molar refractivity (Wildman–Crippen MR) is 109 cm³/mol. The Kier molecular flexibility index (Phi) is 7.94. The summed E-state index contributed by atoms with van der Waals surface area (Å²) in [6, 6.07) is 12.2. The van der Waals surface area contributed by atoms with Gasteiger partial charge in [-0.3, -0.25) is 4.79 Å². The van der Waals surface area contributed by atoms with Gasteiger partial charge in [-0.25, -0.2) is 0 Å². The summed E-state index contributed by atoms with van der Waals surface area (Å²) in [6.07, 6.45) is 3.78. The van der Waals surface area contributed by atoms with E-state index >= 15 is 0 Å². The van der Waals surface area contributed by atoms with Crippen molar-refractivity contribution in [1.29, 1.82) is 0 Å². The number of carbonyl (C=O) groups is 1. The van der Waals surface area contributed by atoms with Crippen LogP contribution in [0.2, 0.25) is 0 Å². The smallest absolute Gasteiger partial charge is 0.223 e. The lowest BCUT2D eigenvalue weighted by molar-refractivity contribution is -0.133. The number of thiophene rings is 1. The van der Waals surface area contributed by atoms with E-state index in [0.29, 0.717) is 25.4 Å². The summed E-state index contributed by atoms with van der Waals surface area (Å²) in [5.41, 5.74) is 7.21.